The summed E-state index contributed by atoms with van der Waals surface area (Å²) in [7, 11) is 0. The Labute approximate surface area is 116 Å². The van der Waals surface area contributed by atoms with Crippen LogP contribution in [0.15, 0.2) is 36.9 Å². The molecule has 6 nitrogen and oxygen atoms in total. The van der Waals surface area contributed by atoms with Crippen LogP contribution in [0.1, 0.15) is 10.6 Å². The van der Waals surface area contributed by atoms with Crippen molar-refractivity contribution in [3.8, 4) is 0 Å². The van der Waals surface area contributed by atoms with Crippen molar-refractivity contribution >= 4 is 22.7 Å². The average molecular weight is 273 g/mol. The van der Waals surface area contributed by atoms with Gasteiger partial charge in [-0.25, -0.2) is 14.8 Å². The highest BCUT2D eigenvalue weighted by Gasteiger charge is 2.16. The summed E-state index contributed by atoms with van der Waals surface area (Å²) in [4.78, 5) is 21.0. The second kappa shape index (κ2) is 6.12. The monoisotopic (exact) mass is 273 g/mol. The maximum Gasteiger partial charge on any atom is 0.374 e. The molecule has 0 radical (unpaired) electrons. The summed E-state index contributed by atoms with van der Waals surface area (Å²) in [5.41, 5.74) is 0.557. The van der Waals surface area contributed by atoms with Crippen LogP contribution in [0, 0.1) is 0 Å². The van der Waals surface area contributed by atoms with E-state index in [-0.39, 0.29) is 12.4 Å². The van der Waals surface area contributed by atoms with Crippen LogP contribution in [0.3, 0.4) is 0 Å². The molecule has 1 heterocycles. The number of fused-ring (bicyclic) bond motifs is 1. The number of anilines is 1. The highest BCUT2D eigenvalue weighted by molar-refractivity contribution is 5.93. The fourth-order valence-electron chi connectivity index (χ4n) is 1.96. The minimum atomic E-state index is -1.18. The Hall–Kier alpha value is -2.47. The molecule has 0 saturated heterocycles. The second-order valence-electron chi connectivity index (χ2n) is 4.15. The number of hydrogen-bond acceptors (Lipinski definition) is 5. The fourth-order valence-corrected chi connectivity index (χ4v) is 1.96. The molecule has 0 atom stereocenters. The molecule has 2 aromatic rings. The number of benzene rings is 1. The average Bonchev–Trinajstić information content (AvgIpc) is 2.46. The summed E-state index contributed by atoms with van der Waals surface area (Å²) in [6, 6.07) is 7.18. The fraction of sp³-hybridized carbons (Fsp3) is 0.214. The van der Waals surface area contributed by atoms with Gasteiger partial charge < -0.3 is 15.1 Å². The van der Waals surface area contributed by atoms with Gasteiger partial charge in [0.2, 0.25) is 5.82 Å². The lowest BCUT2D eigenvalue weighted by Gasteiger charge is -2.22. The Kier molecular flexibility index (Phi) is 4.27. The molecule has 0 fully saturated rings. The zero-order chi connectivity index (χ0) is 14.5. The number of aromatic carboxylic acids is 1. The van der Waals surface area contributed by atoms with Crippen LogP contribution in [-0.2, 0) is 0 Å². The number of carboxylic acids is 1. The van der Waals surface area contributed by atoms with Crippen LogP contribution < -0.4 is 4.90 Å². The van der Waals surface area contributed by atoms with Crippen molar-refractivity contribution in [1.82, 2.24) is 9.97 Å². The topological polar surface area (TPSA) is 86.5 Å². The summed E-state index contributed by atoms with van der Waals surface area (Å²) < 4.78 is 0. The summed E-state index contributed by atoms with van der Waals surface area (Å²) in [6.45, 7) is 4.40. The third-order valence-corrected chi connectivity index (χ3v) is 2.79. The van der Waals surface area contributed by atoms with Gasteiger partial charge in [-0.2, -0.15) is 0 Å². The number of hydrogen-bond donors (Lipinski definition) is 2. The second-order valence-corrected chi connectivity index (χ2v) is 4.15. The Morgan fingerprint density at radius 3 is 2.75 bits per heavy atom. The Morgan fingerprint density at radius 2 is 2.10 bits per heavy atom. The van der Waals surface area contributed by atoms with Crippen molar-refractivity contribution in [2.24, 2.45) is 0 Å². The summed E-state index contributed by atoms with van der Waals surface area (Å²) in [5, 5.41) is 19.0. The first-order valence-electron chi connectivity index (χ1n) is 6.14. The molecular weight excluding hydrogens is 258 g/mol. The van der Waals surface area contributed by atoms with Crippen molar-refractivity contribution in [2.75, 3.05) is 24.6 Å². The van der Waals surface area contributed by atoms with Crippen molar-refractivity contribution < 1.29 is 15.0 Å². The van der Waals surface area contributed by atoms with Crippen molar-refractivity contribution in [1.29, 1.82) is 0 Å². The first-order chi connectivity index (χ1) is 9.67. The van der Waals surface area contributed by atoms with Gasteiger partial charge in [0.15, 0.2) is 0 Å². The lowest BCUT2D eigenvalue weighted by Crippen LogP contribution is -2.28. The molecule has 0 unspecified atom stereocenters. The first-order valence-corrected chi connectivity index (χ1v) is 6.14. The van der Waals surface area contributed by atoms with Crippen molar-refractivity contribution in [3.05, 3.63) is 42.7 Å². The summed E-state index contributed by atoms with van der Waals surface area (Å²) in [6.07, 6.45) is 1.67. The number of nitrogens with zero attached hydrogens (tertiary/aromatic N) is 3. The maximum absolute atomic E-state index is 11.1. The van der Waals surface area contributed by atoms with E-state index in [1.54, 1.807) is 23.1 Å². The predicted octanol–water partition coefficient (Wildman–Crippen LogP) is 1.31. The smallest absolute Gasteiger partial charge is 0.374 e. The van der Waals surface area contributed by atoms with E-state index in [1.165, 1.54) is 0 Å². The normalized spacial score (nSPS) is 10.4. The van der Waals surface area contributed by atoms with Gasteiger partial charge in [-0.3, -0.25) is 0 Å². The van der Waals surface area contributed by atoms with E-state index < -0.39 is 5.97 Å². The lowest BCUT2D eigenvalue weighted by atomic mass is 10.2. The Balaban J connectivity index is 2.64. The van der Waals surface area contributed by atoms with Crippen molar-refractivity contribution in [3.63, 3.8) is 0 Å². The molecule has 0 amide bonds. The van der Waals surface area contributed by atoms with Gasteiger partial charge in [-0.05, 0) is 12.1 Å². The molecule has 6 heteroatoms. The van der Waals surface area contributed by atoms with Gasteiger partial charge in [0, 0.05) is 18.5 Å². The Morgan fingerprint density at radius 1 is 1.35 bits per heavy atom. The Bertz CT molecular complexity index is 643. The van der Waals surface area contributed by atoms with E-state index in [2.05, 4.69) is 16.5 Å². The van der Waals surface area contributed by atoms with E-state index in [0.29, 0.717) is 24.4 Å². The molecule has 0 saturated carbocycles. The van der Waals surface area contributed by atoms with Gasteiger partial charge in [0.1, 0.15) is 5.82 Å². The third kappa shape index (κ3) is 2.75. The van der Waals surface area contributed by atoms with Gasteiger partial charge in [-0.15, -0.1) is 6.58 Å². The molecule has 2 rings (SSSR count). The lowest BCUT2D eigenvalue weighted by molar-refractivity contribution is 0.0684. The highest BCUT2D eigenvalue weighted by Crippen LogP contribution is 2.23. The number of rotatable bonds is 6. The number of para-hydroxylation sites is 1. The van der Waals surface area contributed by atoms with Gasteiger partial charge in [0.25, 0.3) is 0 Å². The minimum Gasteiger partial charge on any atom is -0.475 e. The number of aliphatic hydroxyl groups is 1. The molecule has 1 aromatic heterocycles. The summed E-state index contributed by atoms with van der Waals surface area (Å²) >= 11 is 0. The first kappa shape index (κ1) is 14.0. The molecule has 0 aliphatic carbocycles. The van der Waals surface area contributed by atoms with Crippen LogP contribution >= 0.6 is 0 Å². The van der Waals surface area contributed by atoms with Crippen LogP contribution in [0.2, 0.25) is 0 Å². The van der Waals surface area contributed by atoms with Crippen LogP contribution in [0.4, 0.5) is 5.82 Å². The van der Waals surface area contributed by atoms with E-state index in [1.807, 2.05) is 12.1 Å². The number of carboxylic acid groups (broad SMARTS) is 1. The van der Waals surface area contributed by atoms with E-state index in [0.717, 1.165) is 5.39 Å². The van der Waals surface area contributed by atoms with Gasteiger partial charge in [0.05, 0.1) is 12.1 Å². The molecule has 0 aliphatic rings. The molecule has 0 bridgehead atoms. The molecule has 0 aliphatic heterocycles. The maximum atomic E-state index is 11.1. The van der Waals surface area contributed by atoms with Crippen LogP contribution in [0.5, 0.6) is 0 Å². The number of carbonyl (C=O) groups is 1. The predicted molar refractivity (Wildman–Crippen MR) is 76.0 cm³/mol. The SMILES string of the molecule is C=CCN(CCO)c1nc(C(=O)O)nc2ccccc12. The van der Waals surface area contributed by atoms with Gasteiger partial charge in [-0.1, -0.05) is 18.2 Å². The van der Waals surface area contributed by atoms with Crippen LogP contribution in [0.25, 0.3) is 10.9 Å². The number of aromatic nitrogens is 2. The van der Waals surface area contributed by atoms with E-state index in [9.17, 15) is 4.79 Å². The number of aliphatic hydroxyl groups excluding tert-OH is 1. The molecule has 104 valence electrons. The highest BCUT2D eigenvalue weighted by atomic mass is 16.4. The summed E-state index contributed by atoms with van der Waals surface area (Å²) in [5.74, 6) is -0.952. The largest absolute Gasteiger partial charge is 0.475 e. The molecule has 20 heavy (non-hydrogen) atoms. The zero-order valence-electron chi connectivity index (χ0n) is 10.9. The van der Waals surface area contributed by atoms with Crippen LogP contribution in [-0.4, -0.2) is 45.8 Å². The quantitative estimate of drug-likeness (QED) is 0.772. The van der Waals surface area contributed by atoms with Crippen molar-refractivity contribution in [2.45, 2.75) is 0 Å². The van der Waals surface area contributed by atoms with E-state index in [4.69, 9.17) is 10.2 Å². The molecule has 0 spiro atoms. The van der Waals surface area contributed by atoms with E-state index >= 15 is 0 Å². The molecular formula is C14H15N3O3. The molecule has 2 N–H and O–H groups in total. The third-order valence-electron chi connectivity index (χ3n) is 2.79. The standard InChI is InChI=1S/C14H15N3O3/c1-2-7-17(8-9-18)13-10-5-3-4-6-11(10)15-12(16-13)14(19)20/h2-6,18H,1,7-9H2,(H,19,20). The van der Waals surface area contributed by atoms with Gasteiger partial charge >= 0.3 is 5.97 Å². The molecule has 1 aromatic carbocycles. The zero-order valence-corrected chi connectivity index (χ0v) is 10.9. The minimum absolute atomic E-state index is 0.0609.